The number of benzene rings is 1. The van der Waals surface area contributed by atoms with Crippen LogP contribution in [-0.2, 0) is 4.79 Å². The fourth-order valence-electron chi connectivity index (χ4n) is 1.24. The molecule has 16 heavy (non-hydrogen) atoms. The molecule has 1 amide bonds. The molecule has 0 saturated heterocycles. The van der Waals surface area contributed by atoms with Crippen molar-refractivity contribution in [3.05, 3.63) is 34.3 Å². The normalized spacial score (nSPS) is 14.2. The van der Waals surface area contributed by atoms with E-state index in [0.29, 0.717) is 11.3 Å². The Morgan fingerprint density at radius 3 is 2.56 bits per heavy atom. The SMILES string of the molecule is NC(=O)C(O)C(O)c1ccc(Cl)cc1C=O. The molecular formula is C10H10ClNO4. The highest BCUT2D eigenvalue weighted by Gasteiger charge is 2.25. The molecule has 5 nitrogen and oxygen atoms in total. The topological polar surface area (TPSA) is 101 Å². The van der Waals surface area contributed by atoms with Crippen molar-refractivity contribution in [3.63, 3.8) is 0 Å². The molecule has 0 fully saturated rings. The van der Waals surface area contributed by atoms with Crippen molar-refractivity contribution in [2.45, 2.75) is 12.2 Å². The summed E-state index contributed by atoms with van der Waals surface area (Å²) in [6.45, 7) is 0. The molecule has 0 aliphatic heterocycles. The number of carbonyl (C=O) groups excluding carboxylic acids is 2. The molecule has 2 unspecified atom stereocenters. The number of amides is 1. The quantitative estimate of drug-likeness (QED) is 0.650. The Balaban J connectivity index is 3.12. The molecular weight excluding hydrogens is 234 g/mol. The third-order valence-electron chi connectivity index (χ3n) is 2.09. The van der Waals surface area contributed by atoms with Gasteiger partial charge in [0.05, 0.1) is 0 Å². The van der Waals surface area contributed by atoms with Gasteiger partial charge in [-0.3, -0.25) is 9.59 Å². The number of hydrogen-bond acceptors (Lipinski definition) is 4. The zero-order valence-electron chi connectivity index (χ0n) is 8.13. The van der Waals surface area contributed by atoms with Gasteiger partial charge in [0.2, 0.25) is 5.91 Å². The smallest absolute Gasteiger partial charge is 0.249 e. The first kappa shape index (κ1) is 12.6. The van der Waals surface area contributed by atoms with E-state index in [1.165, 1.54) is 18.2 Å². The van der Waals surface area contributed by atoms with Crippen LogP contribution in [0.25, 0.3) is 0 Å². The maximum Gasteiger partial charge on any atom is 0.249 e. The van der Waals surface area contributed by atoms with E-state index >= 15 is 0 Å². The number of halogens is 1. The van der Waals surface area contributed by atoms with Crippen molar-refractivity contribution in [3.8, 4) is 0 Å². The minimum Gasteiger partial charge on any atom is -0.385 e. The molecule has 0 aromatic heterocycles. The first-order chi connectivity index (χ1) is 7.47. The summed E-state index contributed by atoms with van der Waals surface area (Å²) < 4.78 is 0. The maximum absolute atomic E-state index is 10.7. The van der Waals surface area contributed by atoms with Gasteiger partial charge in [0.1, 0.15) is 12.4 Å². The average molecular weight is 244 g/mol. The second-order valence-electron chi connectivity index (χ2n) is 3.18. The van der Waals surface area contributed by atoms with E-state index in [2.05, 4.69) is 0 Å². The van der Waals surface area contributed by atoms with Crippen LogP contribution in [0.5, 0.6) is 0 Å². The molecule has 4 N–H and O–H groups in total. The number of aliphatic hydroxyl groups excluding tert-OH is 2. The Labute approximate surface area is 96.4 Å². The molecule has 0 saturated carbocycles. The molecule has 0 spiro atoms. The molecule has 0 heterocycles. The van der Waals surface area contributed by atoms with E-state index in [1.807, 2.05) is 0 Å². The summed E-state index contributed by atoms with van der Waals surface area (Å²) in [6.07, 6.45) is -2.84. The monoisotopic (exact) mass is 243 g/mol. The van der Waals surface area contributed by atoms with E-state index in [4.69, 9.17) is 17.3 Å². The summed E-state index contributed by atoms with van der Waals surface area (Å²) in [5.41, 5.74) is 5.03. The summed E-state index contributed by atoms with van der Waals surface area (Å²) in [4.78, 5) is 21.4. The van der Waals surface area contributed by atoms with Crippen molar-refractivity contribution in [2.75, 3.05) is 0 Å². The average Bonchev–Trinajstić information content (AvgIpc) is 2.26. The van der Waals surface area contributed by atoms with Crippen molar-refractivity contribution in [1.82, 2.24) is 0 Å². The third kappa shape index (κ3) is 2.57. The highest BCUT2D eigenvalue weighted by Crippen LogP contribution is 2.23. The molecule has 6 heteroatoms. The second kappa shape index (κ2) is 5.07. The molecule has 0 aliphatic rings. The van der Waals surface area contributed by atoms with Crippen molar-refractivity contribution < 1.29 is 19.8 Å². The summed E-state index contributed by atoms with van der Waals surface area (Å²) in [7, 11) is 0. The zero-order valence-corrected chi connectivity index (χ0v) is 8.89. The van der Waals surface area contributed by atoms with Crippen molar-refractivity contribution in [2.24, 2.45) is 5.73 Å². The van der Waals surface area contributed by atoms with E-state index < -0.39 is 18.1 Å². The Hall–Kier alpha value is -1.43. The van der Waals surface area contributed by atoms with Crippen LogP contribution in [0.2, 0.25) is 5.02 Å². The van der Waals surface area contributed by atoms with Crippen LogP contribution >= 0.6 is 11.6 Å². The predicted molar refractivity (Wildman–Crippen MR) is 57.0 cm³/mol. The molecule has 0 bridgehead atoms. The minimum atomic E-state index is -1.76. The largest absolute Gasteiger partial charge is 0.385 e. The Bertz CT molecular complexity index is 421. The molecule has 1 aromatic rings. The standard InChI is InChI=1S/C10H10ClNO4/c11-6-1-2-7(5(3-6)4-13)8(14)9(15)10(12)16/h1-4,8-9,14-15H,(H2,12,16). The summed E-state index contributed by atoms with van der Waals surface area (Å²) >= 11 is 5.65. The van der Waals surface area contributed by atoms with Crippen LogP contribution in [0, 0.1) is 0 Å². The van der Waals surface area contributed by atoms with Gasteiger partial charge in [-0.25, -0.2) is 0 Å². The Kier molecular flexibility index (Phi) is 4.00. The van der Waals surface area contributed by atoms with Gasteiger partial charge < -0.3 is 15.9 Å². The van der Waals surface area contributed by atoms with Gasteiger partial charge in [-0.1, -0.05) is 17.7 Å². The van der Waals surface area contributed by atoms with Crippen LogP contribution < -0.4 is 5.73 Å². The predicted octanol–water partition coefficient (Wildman–Crippen LogP) is 0.0321. The Morgan fingerprint density at radius 2 is 2.06 bits per heavy atom. The molecule has 1 aromatic carbocycles. The number of rotatable bonds is 4. The number of aldehydes is 1. The fourth-order valence-corrected chi connectivity index (χ4v) is 1.42. The number of primary amides is 1. The van der Waals surface area contributed by atoms with E-state index in [-0.39, 0.29) is 11.1 Å². The van der Waals surface area contributed by atoms with Gasteiger partial charge in [-0.15, -0.1) is 0 Å². The lowest BCUT2D eigenvalue weighted by Gasteiger charge is -2.16. The summed E-state index contributed by atoms with van der Waals surface area (Å²) in [5, 5.41) is 19.2. The first-order valence-electron chi connectivity index (χ1n) is 4.37. The molecule has 1 rings (SSSR count). The lowest BCUT2D eigenvalue weighted by Crippen LogP contribution is -2.34. The summed E-state index contributed by atoms with van der Waals surface area (Å²) in [6, 6.07) is 4.10. The van der Waals surface area contributed by atoms with E-state index in [0.717, 1.165) is 0 Å². The van der Waals surface area contributed by atoms with Crippen molar-refractivity contribution in [1.29, 1.82) is 0 Å². The van der Waals surface area contributed by atoms with Crippen LogP contribution in [0.3, 0.4) is 0 Å². The highest BCUT2D eigenvalue weighted by atomic mass is 35.5. The van der Waals surface area contributed by atoms with Gasteiger partial charge in [0, 0.05) is 10.6 Å². The number of aliphatic hydroxyl groups is 2. The number of carbonyl (C=O) groups is 2. The maximum atomic E-state index is 10.7. The highest BCUT2D eigenvalue weighted by molar-refractivity contribution is 6.30. The van der Waals surface area contributed by atoms with E-state index in [1.54, 1.807) is 0 Å². The number of nitrogens with two attached hydrogens (primary N) is 1. The summed E-state index contributed by atoms with van der Waals surface area (Å²) in [5.74, 6) is -1.07. The van der Waals surface area contributed by atoms with Gasteiger partial charge >= 0.3 is 0 Å². The van der Waals surface area contributed by atoms with Crippen LogP contribution in [0.4, 0.5) is 0 Å². The Morgan fingerprint density at radius 1 is 1.44 bits per heavy atom. The zero-order chi connectivity index (χ0) is 12.3. The number of hydrogen-bond donors (Lipinski definition) is 3. The molecule has 0 aliphatic carbocycles. The first-order valence-corrected chi connectivity index (χ1v) is 4.75. The van der Waals surface area contributed by atoms with Crippen LogP contribution in [0.1, 0.15) is 22.0 Å². The third-order valence-corrected chi connectivity index (χ3v) is 2.32. The van der Waals surface area contributed by atoms with Gasteiger partial charge in [-0.05, 0) is 17.7 Å². The van der Waals surface area contributed by atoms with Gasteiger partial charge in [0.15, 0.2) is 6.10 Å². The van der Waals surface area contributed by atoms with Crippen LogP contribution in [-0.4, -0.2) is 28.5 Å². The van der Waals surface area contributed by atoms with Crippen LogP contribution in [0.15, 0.2) is 18.2 Å². The molecule has 0 radical (unpaired) electrons. The second-order valence-corrected chi connectivity index (χ2v) is 3.62. The van der Waals surface area contributed by atoms with Crippen molar-refractivity contribution >= 4 is 23.8 Å². The van der Waals surface area contributed by atoms with E-state index in [9.17, 15) is 19.8 Å². The molecule has 2 atom stereocenters. The van der Waals surface area contributed by atoms with Gasteiger partial charge in [0.25, 0.3) is 0 Å². The molecule has 86 valence electrons. The van der Waals surface area contributed by atoms with Gasteiger partial charge in [-0.2, -0.15) is 0 Å². The fraction of sp³-hybridized carbons (Fsp3) is 0.200. The minimum absolute atomic E-state index is 0.0975. The lowest BCUT2D eigenvalue weighted by atomic mass is 9.99. The lowest BCUT2D eigenvalue weighted by molar-refractivity contribution is -0.132.